The van der Waals surface area contributed by atoms with Crippen LogP contribution in [0.1, 0.15) is 85.5 Å². The SMILES string of the molecule is CC(COS(=O)(=O)O)C(O)CC[C@@H](C)[C@H]1CC[C@H]2[C@@H]3[C@H](O)CC4C[C@H](O)CC[C@]4(C)[C@H]3C[C@H](O)[C@]12C. The van der Waals surface area contributed by atoms with Gasteiger partial charge in [-0.15, -0.1) is 0 Å². The molecule has 0 heterocycles. The molecule has 0 aromatic carbocycles. The highest BCUT2D eigenvalue weighted by atomic mass is 32.3. The molecule has 36 heavy (non-hydrogen) atoms. The quantitative estimate of drug-likeness (QED) is 0.300. The molecule has 4 aliphatic carbocycles. The van der Waals surface area contributed by atoms with Gasteiger partial charge in [0, 0.05) is 5.92 Å². The summed E-state index contributed by atoms with van der Waals surface area (Å²) >= 11 is 0. The molecule has 0 aromatic rings. The van der Waals surface area contributed by atoms with E-state index in [1.807, 2.05) is 0 Å². The van der Waals surface area contributed by atoms with Gasteiger partial charge in [0.25, 0.3) is 0 Å². The smallest absolute Gasteiger partial charge is 0.393 e. The van der Waals surface area contributed by atoms with E-state index in [0.29, 0.717) is 18.8 Å². The van der Waals surface area contributed by atoms with Crippen LogP contribution in [0.25, 0.3) is 0 Å². The third kappa shape index (κ3) is 5.15. The van der Waals surface area contributed by atoms with E-state index >= 15 is 0 Å². The van der Waals surface area contributed by atoms with Crippen molar-refractivity contribution in [2.75, 3.05) is 6.61 Å². The lowest BCUT2D eigenvalue weighted by Crippen LogP contribution is -2.62. The number of aliphatic hydroxyl groups is 4. The maximum atomic E-state index is 11.7. The molecule has 13 atom stereocenters. The van der Waals surface area contributed by atoms with Crippen LogP contribution >= 0.6 is 0 Å². The highest BCUT2D eigenvalue weighted by Crippen LogP contribution is 2.68. The average molecular weight is 533 g/mol. The first-order valence-corrected chi connectivity index (χ1v) is 15.4. The number of rotatable bonds is 8. The van der Waals surface area contributed by atoms with Gasteiger partial charge in [0.15, 0.2) is 0 Å². The molecule has 0 aromatic heterocycles. The molecular weight excluding hydrogens is 484 g/mol. The van der Waals surface area contributed by atoms with Crippen molar-refractivity contribution in [2.24, 2.45) is 52.3 Å². The molecular formula is C27H48O8S. The van der Waals surface area contributed by atoms with Gasteiger partial charge in [0.05, 0.1) is 31.0 Å². The van der Waals surface area contributed by atoms with E-state index in [-0.39, 0.29) is 53.1 Å². The molecule has 3 unspecified atom stereocenters. The molecule has 9 heteroatoms. The van der Waals surface area contributed by atoms with Crippen LogP contribution < -0.4 is 0 Å². The second-order valence-electron chi connectivity index (χ2n) is 13.3. The Morgan fingerprint density at radius 3 is 2.33 bits per heavy atom. The zero-order chi connectivity index (χ0) is 26.6. The van der Waals surface area contributed by atoms with Crippen molar-refractivity contribution in [2.45, 2.75) is 110 Å². The summed E-state index contributed by atoms with van der Waals surface area (Å²) in [6, 6.07) is 0. The average Bonchev–Trinajstić information content (AvgIpc) is 3.15. The van der Waals surface area contributed by atoms with Crippen LogP contribution in [-0.4, -0.2) is 64.4 Å². The Kier molecular flexibility index (Phi) is 8.26. The molecule has 4 rings (SSSR count). The van der Waals surface area contributed by atoms with Gasteiger partial charge in [-0.1, -0.05) is 27.7 Å². The molecule has 0 amide bonds. The van der Waals surface area contributed by atoms with Gasteiger partial charge in [-0.25, -0.2) is 4.18 Å². The van der Waals surface area contributed by atoms with E-state index in [1.54, 1.807) is 6.92 Å². The molecule has 0 radical (unpaired) electrons. The largest absolute Gasteiger partial charge is 0.397 e. The van der Waals surface area contributed by atoms with Crippen molar-refractivity contribution >= 4 is 10.4 Å². The lowest BCUT2D eigenvalue weighted by atomic mass is 9.43. The summed E-state index contributed by atoms with van der Waals surface area (Å²) in [5.41, 5.74) is -0.233. The summed E-state index contributed by atoms with van der Waals surface area (Å²) in [4.78, 5) is 0. The van der Waals surface area contributed by atoms with Crippen molar-refractivity contribution in [1.82, 2.24) is 0 Å². The summed E-state index contributed by atoms with van der Waals surface area (Å²) in [7, 11) is -4.53. The molecule has 5 N–H and O–H groups in total. The van der Waals surface area contributed by atoms with Gasteiger partial charge in [0.1, 0.15) is 0 Å². The molecule has 210 valence electrons. The van der Waals surface area contributed by atoms with Crippen molar-refractivity contribution in [3.05, 3.63) is 0 Å². The van der Waals surface area contributed by atoms with E-state index in [9.17, 15) is 28.8 Å². The highest BCUT2D eigenvalue weighted by molar-refractivity contribution is 7.80. The minimum atomic E-state index is -4.53. The van der Waals surface area contributed by atoms with Gasteiger partial charge in [-0.2, -0.15) is 8.42 Å². The van der Waals surface area contributed by atoms with Gasteiger partial charge < -0.3 is 20.4 Å². The van der Waals surface area contributed by atoms with E-state index in [4.69, 9.17) is 4.55 Å². The maximum absolute atomic E-state index is 11.7. The Morgan fingerprint density at radius 2 is 1.67 bits per heavy atom. The maximum Gasteiger partial charge on any atom is 0.397 e. The molecule has 0 saturated heterocycles. The third-order valence-electron chi connectivity index (χ3n) is 11.6. The first-order valence-electron chi connectivity index (χ1n) is 14.0. The highest BCUT2D eigenvalue weighted by Gasteiger charge is 2.65. The zero-order valence-electron chi connectivity index (χ0n) is 22.3. The molecule has 4 saturated carbocycles. The Hall–Kier alpha value is -0.290. The predicted molar refractivity (Wildman–Crippen MR) is 135 cm³/mol. The van der Waals surface area contributed by atoms with Crippen LogP contribution in [0.4, 0.5) is 0 Å². The summed E-state index contributed by atoms with van der Waals surface area (Å²) in [6.07, 6.45) is 5.31. The van der Waals surface area contributed by atoms with Crippen molar-refractivity contribution in [1.29, 1.82) is 0 Å². The molecule has 4 fully saturated rings. The van der Waals surface area contributed by atoms with E-state index in [1.165, 1.54) is 0 Å². The summed E-state index contributed by atoms with van der Waals surface area (Å²) in [6.45, 7) is 8.17. The Bertz CT molecular complexity index is 881. The Labute approximate surface area is 216 Å². The fourth-order valence-electron chi connectivity index (χ4n) is 9.36. The second kappa shape index (κ2) is 10.4. The van der Waals surface area contributed by atoms with Crippen LogP contribution in [-0.2, 0) is 14.6 Å². The number of aliphatic hydroxyl groups excluding tert-OH is 4. The first-order chi connectivity index (χ1) is 16.7. The molecule has 0 spiro atoms. The standard InChI is InChI=1S/C27H48O8S/c1-15(5-8-22(29)16(2)14-35-36(32,33)34)19-6-7-20-25-21(13-24(31)27(19,20)4)26(3)10-9-18(28)11-17(26)12-23(25)30/h15-25,28-31H,5-14H2,1-4H3,(H,32,33,34)/t15-,16?,17?,18-,19-,20+,21+,22?,23-,24+,25+,26+,27-/m1/s1. The van der Waals surface area contributed by atoms with E-state index < -0.39 is 34.6 Å². The van der Waals surface area contributed by atoms with Gasteiger partial charge in [0.2, 0.25) is 0 Å². The van der Waals surface area contributed by atoms with Crippen LogP contribution in [0.3, 0.4) is 0 Å². The molecule has 0 bridgehead atoms. The Balaban J connectivity index is 1.44. The summed E-state index contributed by atoms with van der Waals surface area (Å²) in [5.74, 6) is 1.10. The minimum Gasteiger partial charge on any atom is -0.393 e. The molecule has 0 aliphatic heterocycles. The topological polar surface area (TPSA) is 145 Å². The van der Waals surface area contributed by atoms with Crippen molar-refractivity contribution in [3.63, 3.8) is 0 Å². The van der Waals surface area contributed by atoms with Gasteiger partial charge in [-0.05, 0) is 104 Å². The first kappa shape index (κ1) is 28.7. The fourth-order valence-corrected chi connectivity index (χ4v) is 9.74. The summed E-state index contributed by atoms with van der Waals surface area (Å²) < 4.78 is 34.9. The van der Waals surface area contributed by atoms with Crippen LogP contribution in [0.5, 0.6) is 0 Å². The van der Waals surface area contributed by atoms with Gasteiger partial charge >= 0.3 is 10.4 Å². The lowest BCUT2D eigenvalue weighted by Gasteiger charge is -2.63. The lowest BCUT2D eigenvalue weighted by molar-refractivity contribution is -0.207. The van der Waals surface area contributed by atoms with Crippen molar-refractivity contribution < 1.29 is 37.6 Å². The van der Waals surface area contributed by atoms with Crippen LogP contribution in [0, 0.1) is 52.3 Å². The Morgan fingerprint density at radius 1 is 0.972 bits per heavy atom. The van der Waals surface area contributed by atoms with Gasteiger partial charge in [-0.3, -0.25) is 4.55 Å². The van der Waals surface area contributed by atoms with E-state index in [0.717, 1.165) is 44.9 Å². The van der Waals surface area contributed by atoms with Crippen LogP contribution in [0.2, 0.25) is 0 Å². The van der Waals surface area contributed by atoms with Crippen LogP contribution in [0.15, 0.2) is 0 Å². The second-order valence-corrected chi connectivity index (χ2v) is 14.4. The van der Waals surface area contributed by atoms with E-state index in [2.05, 4.69) is 25.0 Å². The number of fused-ring (bicyclic) bond motifs is 5. The third-order valence-corrected chi connectivity index (χ3v) is 12.0. The summed E-state index contributed by atoms with van der Waals surface area (Å²) in [5, 5.41) is 43.9. The minimum absolute atomic E-state index is 0.0551. The molecule has 8 nitrogen and oxygen atoms in total. The monoisotopic (exact) mass is 532 g/mol. The van der Waals surface area contributed by atoms with Crippen molar-refractivity contribution in [3.8, 4) is 0 Å². The normalized spacial score (nSPS) is 47.4. The number of hydrogen-bond acceptors (Lipinski definition) is 7. The zero-order valence-corrected chi connectivity index (χ0v) is 23.1. The fraction of sp³-hybridized carbons (Fsp3) is 1.00. The molecule has 4 aliphatic rings. The predicted octanol–water partition coefficient (Wildman–Crippen LogP) is 3.18. The number of hydrogen-bond donors (Lipinski definition) is 5.